The lowest BCUT2D eigenvalue weighted by molar-refractivity contribution is -0.122. The molecule has 0 saturated heterocycles. The standard InChI is InChI=1S/C15H19N3O2S/c1-5-13-17-18-15(21-13)16-14(19)11(4)20-12-8-9(2)6-7-10(12)3/h6-8,11H,5H2,1-4H3,(H,16,18,19)/t11-/m1/s1. The number of nitrogens with zero attached hydrogens (tertiary/aromatic N) is 2. The Balaban J connectivity index is 2.00. The number of ether oxygens (including phenoxy) is 1. The van der Waals surface area contributed by atoms with Crippen LogP contribution in [0.3, 0.4) is 0 Å². The molecule has 0 unspecified atom stereocenters. The predicted molar refractivity (Wildman–Crippen MR) is 83.9 cm³/mol. The van der Waals surface area contributed by atoms with Crippen LogP contribution in [-0.4, -0.2) is 22.2 Å². The van der Waals surface area contributed by atoms with Gasteiger partial charge < -0.3 is 4.74 Å². The van der Waals surface area contributed by atoms with Gasteiger partial charge in [0, 0.05) is 0 Å². The summed E-state index contributed by atoms with van der Waals surface area (Å²) in [5.41, 5.74) is 2.10. The largest absolute Gasteiger partial charge is 0.481 e. The van der Waals surface area contributed by atoms with Gasteiger partial charge in [-0.3, -0.25) is 10.1 Å². The van der Waals surface area contributed by atoms with E-state index in [9.17, 15) is 4.79 Å². The molecule has 0 radical (unpaired) electrons. The van der Waals surface area contributed by atoms with E-state index in [4.69, 9.17) is 4.74 Å². The van der Waals surface area contributed by atoms with Crippen molar-refractivity contribution in [3.8, 4) is 5.75 Å². The van der Waals surface area contributed by atoms with Gasteiger partial charge in [0.25, 0.3) is 5.91 Å². The molecule has 0 fully saturated rings. The Labute approximate surface area is 128 Å². The molecule has 112 valence electrons. The first-order valence-corrected chi connectivity index (χ1v) is 7.68. The highest BCUT2D eigenvalue weighted by Crippen LogP contribution is 2.21. The van der Waals surface area contributed by atoms with Gasteiger partial charge in [-0.25, -0.2) is 0 Å². The van der Waals surface area contributed by atoms with E-state index in [0.29, 0.717) is 5.13 Å². The highest BCUT2D eigenvalue weighted by atomic mass is 32.1. The number of hydrogen-bond donors (Lipinski definition) is 1. The minimum absolute atomic E-state index is 0.227. The van der Waals surface area contributed by atoms with Crippen molar-refractivity contribution in [1.29, 1.82) is 0 Å². The second kappa shape index (κ2) is 6.67. The Morgan fingerprint density at radius 3 is 2.81 bits per heavy atom. The van der Waals surface area contributed by atoms with E-state index in [1.807, 2.05) is 39.0 Å². The lowest BCUT2D eigenvalue weighted by atomic mass is 10.1. The van der Waals surface area contributed by atoms with Crippen LogP contribution in [0.5, 0.6) is 5.75 Å². The van der Waals surface area contributed by atoms with E-state index in [1.54, 1.807) is 6.92 Å². The first-order valence-electron chi connectivity index (χ1n) is 6.86. The fourth-order valence-electron chi connectivity index (χ4n) is 1.73. The van der Waals surface area contributed by atoms with Crippen LogP contribution in [0.4, 0.5) is 5.13 Å². The van der Waals surface area contributed by atoms with Gasteiger partial charge in [-0.1, -0.05) is 30.4 Å². The summed E-state index contributed by atoms with van der Waals surface area (Å²) in [4.78, 5) is 12.1. The van der Waals surface area contributed by atoms with Crippen LogP contribution in [0.2, 0.25) is 0 Å². The maximum Gasteiger partial charge on any atom is 0.266 e. The van der Waals surface area contributed by atoms with E-state index in [-0.39, 0.29) is 5.91 Å². The maximum atomic E-state index is 12.1. The molecule has 0 aliphatic rings. The Bertz CT molecular complexity index is 640. The molecule has 1 aromatic carbocycles. The van der Waals surface area contributed by atoms with E-state index in [0.717, 1.165) is 28.3 Å². The van der Waals surface area contributed by atoms with E-state index in [1.165, 1.54) is 11.3 Å². The van der Waals surface area contributed by atoms with Crippen LogP contribution in [0, 0.1) is 13.8 Å². The second-order valence-electron chi connectivity index (χ2n) is 4.87. The maximum absolute atomic E-state index is 12.1. The van der Waals surface area contributed by atoms with Gasteiger partial charge in [-0.05, 0) is 44.4 Å². The number of rotatable bonds is 5. The number of aryl methyl sites for hydroxylation is 3. The SMILES string of the molecule is CCc1nnc(NC(=O)[C@@H](C)Oc2cc(C)ccc2C)s1. The molecule has 1 heterocycles. The number of amides is 1. The monoisotopic (exact) mass is 305 g/mol. The lowest BCUT2D eigenvalue weighted by Crippen LogP contribution is -2.30. The summed E-state index contributed by atoms with van der Waals surface area (Å²) in [6.07, 6.45) is 0.210. The van der Waals surface area contributed by atoms with Gasteiger partial charge in [-0.2, -0.15) is 0 Å². The molecule has 1 atom stereocenters. The number of anilines is 1. The van der Waals surface area contributed by atoms with Crippen molar-refractivity contribution in [1.82, 2.24) is 10.2 Å². The average Bonchev–Trinajstić information content (AvgIpc) is 2.90. The highest BCUT2D eigenvalue weighted by Gasteiger charge is 2.17. The van der Waals surface area contributed by atoms with Crippen molar-refractivity contribution < 1.29 is 9.53 Å². The number of hydrogen-bond acceptors (Lipinski definition) is 5. The summed E-state index contributed by atoms with van der Waals surface area (Å²) in [6, 6.07) is 5.92. The molecule has 21 heavy (non-hydrogen) atoms. The minimum Gasteiger partial charge on any atom is -0.481 e. The second-order valence-corrected chi connectivity index (χ2v) is 5.93. The zero-order valence-corrected chi connectivity index (χ0v) is 13.5. The van der Waals surface area contributed by atoms with Gasteiger partial charge in [0.2, 0.25) is 5.13 Å². The smallest absolute Gasteiger partial charge is 0.266 e. The molecule has 0 aliphatic heterocycles. The van der Waals surface area contributed by atoms with Gasteiger partial charge >= 0.3 is 0 Å². The highest BCUT2D eigenvalue weighted by molar-refractivity contribution is 7.15. The van der Waals surface area contributed by atoms with Crippen molar-refractivity contribution in [2.45, 2.75) is 40.2 Å². The molecule has 1 N–H and O–H groups in total. The summed E-state index contributed by atoms with van der Waals surface area (Å²) in [5.74, 6) is 0.499. The van der Waals surface area contributed by atoms with Crippen LogP contribution in [0.25, 0.3) is 0 Å². The first kappa shape index (κ1) is 15.4. The van der Waals surface area contributed by atoms with Crippen molar-refractivity contribution in [3.05, 3.63) is 34.3 Å². The van der Waals surface area contributed by atoms with Crippen molar-refractivity contribution in [3.63, 3.8) is 0 Å². The normalized spacial score (nSPS) is 12.0. The molecular formula is C15H19N3O2S. The number of carbonyl (C=O) groups is 1. The Morgan fingerprint density at radius 2 is 2.14 bits per heavy atom. The van der Waals surface area contributed by atoms with E-state index >= 15 is 0 Å². The van der Waals surface area contributed by atoms with E-state index < -0.39 is 6.10 Å². The summed E-state index contributed by atoms with van der Waals surface area (Å²) >= 11 is 1.38. The predicted octanol–water partition coefficient (Wildman–Crippen LogP) is 3.12. The molecule has 1 amide bonds. The quantitative estimate of drug-likeness (QED) is 0.922. The van der Waals surface area contributed by atoms with Crippen LogP contribution in [0.1, 0.15) is 30.0 Å². The molecule has 2 rings (SSSR count). The Kier molecular flexibility index (Phi) is 4.90. The fraction of sp³-hybridized carbons (Fsp3) is 0.400. The van der Waals surface area contributed by atoms with Crippen molar-refractivity contribution in [2.75, 3.05) is 5.32 Å². The van der Waals surface area contributed by atoms with Crippen LogP contribution >= 0.6 is 11.3 Å². The molecule has 1 aromatic heterocycles. The molecular weight excluding hydrogens is 286 g/mol. The van der Waals surface area contributed by atoms with Crippen molar-refractivity contribution in [2.24, 2.45) is 0 Å². The summed E-state index contributed by atoms with van der Waals surface area (Å²) < 4.78 is 5.74. The first-order chi connectivity index (χ1) is 9.99. The molecule has 0 aliphatic carbocycles. The third kappa shape index (κ3) is 4.01. The van der Waals surface area contributed by atoms with Crippen LogP contribution < -0.4 is 10.1 Å². The van der Waals surface area contributed by atoms with Gasteiger partial charge in [0.05, 0.1) is 0 Å². The van der Waals surface area contributed by atoms with E-state index in [2.05, 4.69) is 15.5 Å². The topological polar surface area (TPSA) is 64.1 Å². The average molecular weight is 305 g/mol. The summed E-state index contributed by atoms with van der Waals surface area (Å²) in [7, 11) is 0. The number of benzene rings is 1. The molecule has 2 aromatic rings. The fourth-order valence-corrected chi connectivity index (χ4v) is 2.41. The molecule has 0 saturated carbocycles. The Hall–Kier alpha value is -1.95. The van der Waals surface area contributed by atoms with Gasteiger partial charge in [-0.15, -0.1) is 10.2 Å². The van der Waals surface area contributed by atoms with Crippen LogP contribution in [-0.2, 0) is 11.2 Å². The zero-order valence-electron chi connectivity index (χ0n) is 12.6. The summed E-state index contributed by atoms with van der Waals surface area (Å²) in [6.45, 7) is 7.67. The van der Waals surface area contributed by atoms with Gasteiger partial charge in [0.15, 0.2) is 6.10 Å². The molecule has 6 heteroatoms. The molecule has 0 spiro atoms. The summed E-state index contributed by atoms with van der Waals surface area (Å²) in [5, 5.41) is 12.0. The van der Waals surface area contributed by atoms with Gasteiger partial charge in [0.1, 0.15) is 10.8 Å². The number of carbonyl (C=O) groups excluding carboxylic acids is 1. The third-order valence-corrected chi connectivity index (χ3v) is 4.00. The number of nitrogens with one attached hydrogen (secondary N) is 1. The molecule has 5 nitrogen and oxygen atoms in total. The molecule has 0 bridgehead atoms. The zero-order chi connectivity index (χ0) is 15.4. The third-order valence-electron chi connectivity index (χ3n) is 3.02. The minimum atomic E-state index is -0.598. The van der Waals surface area contributed by atoms with Crippen LogP contribution in [0.15, 0.2) is 18.2 Å². The van der Waals surface area contributed by atoms with Crippen molar-refractivity contribution >= 4 is 22.4 Å². The lowest BCUT2D eigenvalue weighted by Gasteiger charge is -2.15. The number of aromatic nitrogens is 2. The Morgan fingerprint density at radius 1 is 1.38 bits per heavy atom.